The SMILES string of the molecule is O=C(/C=C/c1ccc(Cl)cc1)NC(=S)NNC(=O)Cc1ccc(Cl)cc1. The lowest BCUT2D eigenvalue weighted by atomic mass is 10.1. The zero-order valence-corrected chi connectivity index (χ0v) is 15.8. The van der Waals surface area contributed by atoms with Crippen LogP contribution in [0.2, 0.25) is 10.0 Å². The summed E-state index contributed by atoms with van der Waals surface area (Å²) < 4.78 is 0. The summed E-state index contributed by atoms with van der Waals surface area (Å²) in [5.74, 6) is -0.731. The van der Waals surface area contributed by atoms with Crippen molar-refractivity contribution in [2.24, 2.45) is 0 Å². The van der Waals surface area contributed by atoms with E-state index >= 15 is 0 Å². The fourth-order valence-corrected chi connectivity index (χ4v) is 2.29. The van der Waals surface area contributed by atoms with Crippen molar-refractivity contribution in [1.82, 2.24) is 16.2 Å². The standard InChI is InChI=1S/C18H15Cl2N3O2S/c19-14-6-1-12(2-7-14)5-10-16(24)21-18(26)23-22-17(25)11-13-3-8-15(20)9-4-13/h1-10H,11H2,(H,22,25)(H2,21,23,24,26)/b10-5+. The molecule has 0 fully saturated rings. The molecule has 0 aliphatic rings. The topological polar surface area (TPSA) is 70.2 Å². The molecule has 2 rings (SSSR count). The molecule has 26 heavy (non-hydrogen) atoms. The van der Waals surface area contributed by atoms with E-state index in [4.69, 9.17) is 35.4 Å². The minimum Gasteiger partial charge on any atom is -0.298 e. The molecular formula is C18H15Cl2N3O2S. The summed E-state index contributed by atoms with van der Waals surface area (Å²) in [5.41, 5.74) is 6.51. The Morgan fingerprint density at radius 1 is 0.923 bits per heavy atom. The normalized spacial score (nSPS) is 10.4. The Labute approximate surface area is 166 Å². The number of rotatable bonds is 4. The Hall–Kier alpha value is -2.41. The highest BCUT2D eigenvalue weighted by Gasteiger charge is 2.05. The predicted octanol–water partition coefficient (Wildman–Crippen LogP) is 3.27. The third-order valence-electron chi connectivity index (χ3n) is 3.13. The van der Waals surface area contributed by atoms with Gasteiger partial charge >= 0.3 is 0 Å². The van der Waals surface area contributed by atoms with Crippen LogP contribution in [0.1, 0.15) is 11.1 Å². The van der Waals surface area contributed by atoms with Gasteiger partial charge in [0.25, 0.3) is 0 Å². The molecule has 5 nitrogen and oxygen atoms in total. The minimum atomic E-state index is -0.426. The summed E-state index contributed by atoms with van der Waals surface area (Å²) in [6.45, 7) is 0. The molecule has 2 aromatic rings. The van der Waals surface area contributed by atoms with Crippen molar-refractivity contribution < 1.29 is 9.59 Å². The molecule has 8 heteroatoms. The quantitative estimate of drug-likeness (QED) is 0.413. The lowest BCUT2D eigenvalue weighted by Crippen LogP contribution is -2.48. The van der Waals surface area contributed by atoms with Gasteiger partial charge in [-0.25, -0.2) is 0 Å². The number of amides is 2. The predicted molar refractivity (Wildman–Crippen MR) is 108 cm³/mol. The van der Waals surface area contributed by atoms with Crippen LogP contribution in [0, 0.1) is 0 Å². The molecule has 134 valence electrons. The van der Waals surface area contributed by atoms with Crippen molar-refractivity contribution >= 4 is 58.4 Å². The Balaban J connectivity index is 1.73. The number of hydrazine groups is 1. The van der Waals surface area contributed by atoms with Gasteiger partial charge in [0.1, 0.15) is 0 Å². The molecule has 0 saturated carbocycles. The maximum atomic E-state index is 11.8. The van der Waals surface area contributed by atoms with E-state index in [-0.39, 0.29) is 17.4 Å². The molecule has 0 unspecified atom stereocenters. The number of halogens is 2. The Morgan fingerprint density at radius 2 is 1.50 bits per heavy atom. The zero-order valence-electron chi connectivity index (χ0n) is 13.5. The molecule has 0 aliphatic carbocycles. The highest BCUT2D eigenvalue weighted by Crippen LogP contribution is 2.10. The number of nitrogens with one attached hydrogen (secondary N) is 3. The van der Waals surface area contributed by atoms with Gasteiger partial charge in [-0.2, -0.15) is 0 Å². The van der Waals surface area contributed by atoms with Crippen LogP contribution in [0.4, 0.5) is 0 Å². The van der Waals surface area contributed by atoms with E-state index in [2.05, 4.69) is 16.2 Å². The summed E-state index contributed by atoms with van der Waals surface area (Å²) in [5, 5.41) is 3.63. The van der Waals surface area contributed by atoms with Crippen molar-refractivity contribution in [3.8, 4) is 0 Å². The molecule has 0 aromatic heterocycles. The first-order chi connectivity index (χ1) is 12.4. The molecular weight excluding hydrogens is 393 g/mol. The summed E-state index contributed by atoms with van der Waals surface area (Å²) in [6, 6.07) is 13.9. The number of carbonyl (C=O) groups is 2. The van der Waals surface area contributed by atoms with Crippen molar-refractivity contribution in [1.29, 1.82) is 0 Å². The molecule has 0 aliphatic heterocycles. The number of carbonyl (C=O) groups excluding carboxylic acids is 2. The van der Waals surface area contributed by atoms with Crippen molar-refractivity contribution in [3.63, 3.8) is 0 Å². The smallest absolute Gasteiger partial charge is 0.250 e. The molecule has 0 atom stereocenters. The van der Waals surface area contributed by atoms with Crippen molar-refractivity contribution in [2.45, 2.75) is 6.42 Å². The number of hydrogen-bond acceptors (Lipinski definition) is 3. The number of hydrogen-bond donors (Lipinski definition) is 3. The van der Waals surface area contributed by atoms with Crippen molar-refractivity contribution in [3.05, 3.63) is 75.8 Å². The van der Waals surface area contributed by atoms with E-state index in [9.17, 15) is 9.59 Å². The molecule has 0 spiro atoms. The Morgan fingerprint density at radius 3 is 2.12 bits per heavy atom. The van der Waals surface area contributed by atoms with Crippen LogP contribution >= 0.6 is 35.4 Å². The second kappa shape index (κ2) is 9.91. The molecule has 0 radical (unpaired) electrons. The highest BCUT2D eigenvalue weighted by molar-refractivity contribution is 7.80. The third-order valence-corrected chi connectivity index (χ3v) is 3.84. The van der Waals surface area contributed by atoms with Gasteiger partial charge in [0, 0.05) is 16.1 Å². The average molecular weight is 408 g/mol. The maximum absolute atomic E-state index is 11.8. The fourth-order valence-electron chi connectivity index (χ4n) is 1.89. The van der Waals surface area contributed by atoms with E-state index in [1.807, 2.05) is 0 Å². The number of benzene rings is 2. The highest BCUT2D eigenvalue weighted by atomic mass is 35.5. The van der Waals surface area contributed by atoms with Crippen molar-refractivity contribution in [2.75, 3.05) is 0 Å². The monoisotopic (exact) mass is 407 g/mol. The maximum Gasteiger partial charge on any atom is 0.250 e. The molecule has 0 saturated heterocycles. The summed E-state index contributed by atoms with van der Waals surface area (Å²) in [7, 11) is 0. The lowest BCUT2D eigenvalue weighted by Gasteiger charge is -2.09. The first-order valence-corrected chi connectivity index (χ1v) is 8.67. The van der Waals surface area contributed by atoms with Crippen LogP contribution in [0.3, 0.4) is 0 Å². The summed E-state index contributed by atoms with van der Waals surface area (Å²) >= 11 is 16.5. The van der Waals surface area contributed by atoms with Crippen LogP contribution in [0.25, 0.3) is 6.08 Å². The van der Waals surface area contributed by atoms with E-state index in [1.165, 1.54) is 6.08 Å². The molecule has 0 heterocycles. The first kappa shape index (κ1) is 19.9. The molecule has 2 amide bonds. The van der Waals surface area contributed by atoms with Crippen LogP contribution < -0.4 is 16.2 Å². The molecule has 0 bridgehead atoms. The van der Waals surface area contributed by atoms with E-state index in [0.717, 1.165) is 11.1 Å². The Bertz CT molecular complexity index is 821. The van der Waals surface area contributed by atoms with Gasteiger partial charge in [0.15, 0.2) is 5.11 Å². The van der Waals surface area contributed by atoms with Gasteiger partial charge in [-0.15, -0.1) is 0 Å². The zero-order chi connectivity index (χ0) is 18.9. The summed E-state index contributed by atoms with van der Waals surface area (Å²) in [6.07, 6.45) is 3.09. The second-order valence-electron chi connectivity index (χ2n) is 5.18. The first-order valence-electron chi connectivity index (χ1n) is 7.50. The van der Waals surface area contributed by atoms with Gasteiger partial charge in [-0.1, -0.05) is 47.5 Å². The second-order valence-corrected chi connectivity index (χ2v) is 6.46. The van der Waals surface area contributed by atoms with E-state index in [1.54, 1.807) is 54.6 Å². The lowest BCUT2D eigenvalue weighted by molar-refractivity contribution is -0.121. The van der Waals surface area contributed by atoms with Crippen LogP contribution in [-0.2, 0) is 16.0 Å². The van der Waals surface area contributed by atoms with Gasteiger partial charge in [-0.05, 0) is 53.7 Å². The Kier molecular flexibility index (Phi) is 7.59. The van der Waals surface area contributed by atoms with Gasteiger partial charge in [-0.3, -0.25) is 25.8 Å². The van der Waals surface area contributed by atoms with Crippen LogP contribution in [-0.4, -0.2) is 16.9 Å². The average Bonchev–Trinajstić information content (AvgIpc) is 2.61. The number of thiocarbonyl (C=S) groups is 1. The van der Waals surface area contributed by atoms with Gasteiger partial charge in [0.05, 0.1) is 6.42 Å². The van der Waals surface area contributed by atoms with Crippen LogP contribution in [0.15, 0.2) is 54.6 Å². The van der Waals surface area contributed by atoms with Gasteiger partial charge < -0.3 is 0 Å². The van der Waals surface area contributed by atoms with Gasteiger partial charge in [0.2, 0.25) is 11.8 Å². The largest absolute Gasteiger partial charge is 0.298 e. The fraction of sp³-hybridized carbons (Fsp3) is 0.0556. The molecule has 2 aromatic carbocycles. The summed E-state index contributed by atoms with van der Waals surface area (Å²) in [4.78, 5) is 23.6. The minimum absolute atomic E-state index is 0.0137. The van der Waals surface area contributed by atoms with E-state index in [0.29, 0.717) is 10.0 Å². The third kappa shape index (κ3) is 7.23. The van der Waals surface area contributed by atoms with E-state index < -0.39 is 5.91 Å². The van der Waals surface area contributed by atoms with Crippen LogP contribution in [0.5, 0.6) is 0 Å². The molecule has 3 N–H and O–H groups in total.